The van der Waals surface area contributed by atoms with Crippen molar-refractivity contribution < 1.29 is 33.3 Å². The number of benzene rings is 2. The number of carbonyl (C=O) groups is 1. The van der Waals surface area contributed by atoms with Crippen molar-refractivity contribution in [2.75, 3.05) is 27.6 Å². The lowest BCUT2D eigenvalue weighted by Crippen LogP contribution is -2.28. The maximum absolute atomic E-state index is 12.9. The van der Waals surface area contributed by atoms with Crippen LogP contribution in [-0.2, 0) is 11.2 Å². The lowest BCUT2D eigenvalue weighted by molar-refractivity contribution is -0.121. The van der Waals surface area contributed by atoms with Crippen LogP contribution in [0.3, 0.4) is 0 Å². The van der Waals surface area contributed by atoms with Crippen molar-refractivity contribution in [3.8, 4) is 28.7 Å². The number of rotatable bonds is 9. The molecule has 0 bridgehead atoms. The summed E-state index contributed by atoms with van der Waals surface area (Å²) >= 11 is 0. The lowest BCUT2D eigenvalue weighted by Gasteiger charge is -2.19. The Labute approximate surface area is 202 Å². The molecule has 184 valence electrons. The summed E-state index contributed by atoms with van der Waals surface area (Å²) in [6.45, 7) is 2.00. The highest BCUT2D eigenvalue weighted by molar-refractivity contribution is 5.78. The Balaban J connectivity index is 1.58. The van der Waals surface area contributed by atoms with Crippen molar-refractivity contribution in [1.29, 1.82) is 0 Å². The van der Waals surface area contributed by atoms with Gasteiger partial charge in [0.05, 0.1) is 19.8 Å². The van der Waals surface area contributed by atoms with Gasteiger partial charge in [0.2, 0.25) is 18.4 Å². The van der Waals surface area contributed by atoms with Gasteiger partial charge in [-0.3, -0.25) is 4.79 Å². The topological polar surface area (TPSA) is 116 Å². The van der Waals surface area contributed by atoms with E-state index < -0.39 is 11.5 Å². The highest BCUT2D eigenvalue weighted by Gasteiger charge is 2.29. The minimum Gasteiger partial charge on any atom is -0.507 e. The fourth-order valence-electron chi connectivity index (χ4n) is 4.06. The molecule has 0 radical (unpaired) electrons. The first-order valence-electron chi connectivity index (χ1n) is 11.1. The number of hydrogen-bond acceptors (Lipinski definition) is 8. The van der Waals surface area contributed by atoms with Crippen LogP contribution in [0.5, 0.6) is 28.7 Å². The molecule has 9 heteroatoms. The number of aromatic hydroxyl groups is 1. The van der Waals surface area contributed by atoms with Crippen molar-refractivity contribution in [3.05, 3.63) is 75.3 Å². The zero-order chi connectivity index (χ0) is 24.9. The Kier molecular flexibility index (Phi) is 7.14. The van der Waals surface area contributed by atoms with Crippen LogP contribution in [-0.4, -0.2) is 38.6 Å². The Bertz CT molecular complexity index is 1270. The zero-order valence-electron chi connectivity index (χ0n) is 19.8. The number of methoxy groups -OCH3 is 2. The first-order chi connectivity index (χ1) is 16.9. The van der Waals surface area contributed by atoms with Gasteiger partial charge in [-0.1, -0.05) is 12.1 Å². The van der Waals surface area contributed by atoms with Gasteiger partial charge in [0.1, 0.15) is 17.3 Å². The summed E-state index contributed by atoms with van der Waals surface area (Å²) in [5.74, 6) is 0.955. The van der Waals surface area contributed by atoms with Gasteiger partial charge >= 0.3 is 5.63 Å². The molecule has 0 saturated carbocycles. The van der Waals surface area contributed by atoms with Crippen molar-refractivity contribution in [2.45, 2.75) is 25.7 Å². The molecule has 9 nitrogen and oxygen atoms in total. The molecule has 2 N–H and O–H groups in total. The average Bonchev–Trinajstić information content (AvgIpc) is 3.31. The van der Waals surface area contributed by atoms with Crippen LogP contribution in [0.25, 0.3) is 0 Å². The molecule has 1 aliphatic rings. The van der Waals surface area contributed by atoms with E-state index in [0.717, 1.165) is 11.3 Å². The van der Waals surface area contributed by atoms with E-state index in [9.17, 15) is 14.7 Å². The summed E-state index contributed by atoms with van der Waals surface area (Å²) < 4.78 is 26.8. The summed E-state index contributed by atoms with van der Waals surface area (Å²) in [7, 11) is 3.09. The van der Waals surface area contributed by atoms with E-state index in [-0.39, 0.29) is 36.2 Å². The number of hydrogen-bond donors (Lipinski definition) is 2. The van der Waals surface area contributed by atoms with Crippen LogP contribution in [0.2, 0.25) is 0 Å². The van der Waals surface area contributed by atoms with Gasteiger partial charge in [-0.05, 0) is 48.7 Å². The quantitative estimate of drug-likeness (QED) is 0.478. The summed E-state index contributed by atoms with van der Waals surface area (Å²) in [5.41, 5.74) is 0.861. The van der Waals surface area contributed by atoms with E-state index in [2.05, 4.69) is 5.32 Å². The first-order valence-corrected chi connectivity index (χ1v) is 11.1. The Morgan fingerprint density at radius 2 is 1.89 bits per heavy atom. The minimum atomic E-state index is -0.809. The second-order valence-electron chi connectivity index (χ2n) is 8.11. The molecule has 4 rings (SSSR count). The number of ether oxygens (including phenoxy) is 4. The van der Waals surface area contributed by atoms with Crippen LogP contribution in [0.15, 0.2) is 51.7 Å². The molecule has 2 aromatic carbocycles. The smallest absolute Gasteiger partial charge is 0.343 e. The van der Waals surface area contributed by atoms with Gasteiger partial charge in [0.15, 0.2) is 11.5 Å². The Hall–Kier alpha value is -4.14. The van der Waals surface area contributed by atoms with E-state index >= 15 is 0 Å². The molecule has 1 atom stereocenters. The number of carbonyl (C=O) groups excluding carboxylic acids is 1. The lowest BCUT2D eigenvalue weighted by atomic mass is 9.88. The third kappa shape index (κ3) is 5.34. The molecule has 35 heavy (non-hydrogen) atoms. The standard InChI is InChI=1S/C26H27NO8/c1-15-10-20(28)24(26(30)35-15)19(17-11-21(32-3)25-22(12-17)33-14-34-25)13-23(29)27-9-8-16-4-6-18(31-2)7-5-16/h4-7,10-12,19,28H,8-9,13-14H2,1-3H3,(H,27,29). The summed E-state index contributed by atoms with van der Waals surface area (Å²) in [6, 6.07) is 12.3. The second-order valence-corrected chi connectivity index (χ2v) is 8.11. The minimum absolute atomic E-state index is 0.0122. The van der Waals surface area contributed by atoms with Crippen LogP contribution in [0.1, 0.15) is 34.8 Å². The third-order valence-corrected chi connectivity index (χ3v) is 5.81. The molecule has 0 aliphatic carbocycles. The monoisotopic (exact) mass is 481 g/mol. The average molecular weight is 482 g/mol. The first kappa shape index (κ1) is 24.0. The van der Waals surface area contributed by atoms with Crippen LogP contribution < -0.4 is 29.9 Å². The normalized spacial score (nSPS) is 12.8. The fraction of sp³-hybridized carbons (Fsp3) is 0.308. The Morgan fingerprint density at radius 3 is 2.57 bits per heavy atom. The van der Waals surface area contributed by atoms with Crippen LogP contribution >= 0.6 is 0 Å². The molecule has 1 amide bonds. The molecule has 0 saturated heterocycles. The van der Waals surface area contributed by atoms with E-state index in [1.165, 1.54) is 13.2 Å². The van der Waals surface area contributed by atoms with E-state index in [0.29, 0.717) is 35.8 Å². The number of amides is 1. The summed E-state index contributed by atoms with van der Waals surface area (Å²) in [4.78, 5) is 25.7. The van der Waals surface area contributed by atoms with Gasteiger partial charge in [0, 0.05) is 24.9 Å². The van der Waals surface area contributed by atoms with E-state index in [1.807, 2.05) is 24.3 Å². The van der Waals surface area contributed by atoms with Crippen molar-refractivity contribution >= 4 is 5.91 Å². The van der Waals surface area contributed by atoms with Crippen molar-refractivity contribution in [2.24, 2.45) is 0 Å². The molecule has 0 spiro atoms. The predicted molar refractivity (Wildman–Crippen MR) is 127 cm³/mol. The fourth-order valence-corrected chi connectivity index (χ4v) is 4.06. The molecule has 1 aromatic heterocycles. The van der Waals surface area contributed by atoms with E-state index in [1.54, 1.807) is 26.2 Å². The molecular formula is C26H27NO8. The summed E-state index contributed by atoms with van der Waals surface area (Å²) in [6.07, 6.45) is 0.517. The number of fused-ring (bicyclic) bond motifs is 1. The molecule has 0 fully saturated rings. The SMILES string of the molecule is COc1ccc(CCNC(=O)CC(c2cc(OC)c3c(c2)OCO3)c2c(O)cc(C)oc2=O)cc1. The Morgan fingerprint density at radius 1 is 1.11 bits per heavy atom. The second kappa shape index (κ2) is 10.4. The van der Waals surface area contributed by atoms with Crippen LogP contribution in [0.4, 0.5) is 0 Å². The molecule has 3 aromatic rings. The van der Waals surface area contributed by atoms with Crippen molar-refractivity contribution in [1.82, 2.24) is 5.32 Å². The molecular weight excluding hydrogens is 454 g/mol. The summed E-state index contributed by atoms with van der Waals surface area (Å²) in [5, 5.41) is 13.5. The highest BCUT2D eigenvalue weighted by atomic mass is 16.7. The van der Waals surface area contributed by atoms with Gasteiger partial charge < -0.3 is 33.8 Å². The predicted octanol–water partition coefficient (Wildman–Crippen LogP) is 3.28. The van der Waals surface area contributed by atoms with Gasteiger partial charge in [-0.2, -0.15) is 0 Å². The molecule has 2 heterocycles. The number of nitrogens with one attached hydrogen (secondary N) is 1. The van der Waals surface area contributed by atoms with Gasteiger partial charge in [-0.15, -0.1) is 0 Å². The van der Waals surface area contributed by atoms with Gasteiger partial charge in [-0.25, -0.2) is 4.79 Å². The number of aryl methyl sites for hydroxylation is 1. The maximum atomic E-state index is 12.9. The van der Waals surface area contributed by atoms with Crippen LogP contribution in [0, 0.1) is 6.92 Å². The highest BCUT2D eigenvalue weighted by Crippen LogP contribution is 2.45. The third-order valence-electron chi connectivity index (χ3n) is 5.81. The van der Waals surface area contributed by atoms with Crippen molar-refractivity contribution in [3.63, 3.8) is 0 Å². The molecule has 1 unspecified atom stereocenters. The van der Waals surface area contributed by atoms with E-state index in [4.69, 9.17) is 23.4 Å². The van der Waals surface area contributed by atoms with Gasteiger partial charge in [0.25, 0.3) is 0 Å². The largest absolute Gasteiger partial charge is 0.507 e. The zero-order valence-corrected chi connectivity index (χ0v) is 19.8. The molecule has 1 aliphatic heterocycles. The maximum Gasteiger partial charge on any atom is 0.343 e.